The zero-order chi connectivity index (χ0) is 10.9. The minimum Gasteiger partial charge on any atom is -0.223 e. The fraction of sp³-hybridized carbons (Fsp3) is 0.455. The first kappa shape index (κ1) is 11.1. The van der Waals surface area contributed by atoms with Crippen LogP contribution in [0.5, 0.6) is 0 Å². The Labute approximate surface area is 98.7 Å². The molecule has 1 fully saturated rings. The fourth-order valence-electron chi connectivity index (χ4n) is 2.04. The number of rotatable bonds is 2. The summed E-state index contributed by atoms with van der Waals surface area (Å²) >= 11 is 3.30. The van der Waals surface area contributed by atoms with Crippen molar-refractivity contribution in [3.63, 3.8) is 0 Å². The van der Waals surface area contributed by atoms with Gasteiger partial charge in [0.2, 0.25) is 0 Å². The maximum absolute atomic E-state index is 12.2. The topological polar surface area (TPSA) is 34.1 Å². The molecule has 1 aliphatic carbocycles. The molecule has 0 bridgehead atoms. The average molecular weight is 289 g/mol. The van der Waals surface area contributed by atoms with E-state index in [0.29, 0.717) is 4.90 Å². The van der Waals surface area contributed by atoms with E-state index in [4.69, 9.17) is 0 Å². The van der Waals surface area contributed by atoms with Crippen LogP contribution >= 0.6 is 15.9 Å². The van der Waals surface area contributed by atoms with E-state index in [1.165, 1.54) is 0 Å². The standard InChI is InChI=1S/C11H13BrO2S/c12-9-4-3-7-11(8-9)15(13,14)10-5-1-2-6-10/h3-4,7-8,10H,1-2,5-6H2. The van der Waals surface area contributed by atoms with Crippen LogP contribution in [0.25, 0.3) is 0 Å². The number of halogens is 1. The highest BCUT2D eigenvalue weighted by Crippen LogP contribution is 2.30. The molecule has 1 aromatic carbocycles. The van der Waals surface area contributed by atoms with Gasteiger partial charge in [-0.3, -0.25) is 0 Å². The quantitative estimate of drug-likeness (QED) is 0.838. The summed E-state index contributed by atoms with van der Waals surface area (Å²) in [7, 11) is -3.09. The highest BCUT2D eigenvalue weighted by Gasteiger charge is 2.30. The molecule has 4 heteroatoms. The third kappa shape index (κ3) is 2.26. The third-order valence-corrected chi connectivity index (χ3v) is 5.62. The first-order valence-corrected chi connectivity index (χ1v) is 7.44. The molecule has 2 rings (SSSR count). The van der Waals surface area contributed by atoms with Crippen LogP contribution in [0.15, 0.2) is 33.6 Å². The second kappa shape index (κ2) is 4.26. The van der Waals surface area contributed by atoms with Gasteiger partial charge in [-0.25, -0.2) is 8.42 Å². The number of hydrogen-bond donors (Lipinski definition) is 0. The molecule has 1 aliphatic rings. The van der Waals surface area contributed by atoms with Crippen molar-refractivity contribution in [2.75, 3.05) is 0 Å². The third-order valence-electron chi connectivity index (χ3n) is 2.87. The molecule has 0 radical (unpaired) electrons. The van der Waals surface area contributed by atoms with Crippen LogP contribution in [-0.4, -0.2) is 13.7 Å². The Morgan fingerprint density at radius 2 is 1.87 bits per heavy atom. The molecule has 1 aromatic rings. The van der Waals surface area contributed by atoms with Crippen molar-refractivity contribution in [3.8, 4) is 0 Å². The molecule has 0 atom stereocenters. The molecule has 0 N–H and O–H groups in total. The minimum atomic E-state index is -3.09. The van der Waals surface area contributed by atoms with E-state index in [2.05, 4.69) is 15.9 Å². The lowest BCUT2D eigenvalue weighted by atomic mass is 10.4. The Morgan fingerprint density at radius 1 is 1.20 bits per heavy atom. The predicted octanol–water partition coefficient (Wildman–Crippen LogP) is 3.17. The lowest BCUT2D eigenvalue weighted by Gasteiger charge is -2.10. The van der Waals surface area contributed by atoms with Crippen molar-refractivity contribution in [3.05, 3.63) is 28.7 Å². The SMILES string of the molecule is O=S(=O)(c1cccc(Br)c1)C1CCCC1. The van der Waals surface area contributed by atoms with E-state index in [-0.39, 0.29) is 5.25 Å². The summed E-state index contributed by atoms with van der Waals surface area (Å²) in [6.45, 7) is 0. The molecule has 0 saturated heterocycles. The molecule has 15 heavy (non-hydrogen) atoms. The van der Waals surface area contributed by atoms with Gasteiger partial charge in [-0.2, -0.15) is 0 Å². The van der Waals surface area contributed by atoms with Crippen LogP contribution in [0.4, 0.5) is 0 Å². The largest absolute Gasteiger partial charge is 0.223 e. The normalized spacial score (nSPS) is 18.2. The highest BCUT2D eigenvalue weighted by molar-refractivity contribution is 9.10. The Bertz CT molecular complexity index is 447. The van der Waals surface area contributed by atoms with Gasteiger partial charge in [-0.15, -0.1) is 0 Å². The summed E-state index contributed by atoms with van der Waals surface area (Å²) in [5, 5.41) is -0.160. The average Bonchev–Trinajstić information content (AvgIpc) is 2.71. The lowest BCUT2D eigenvalue weighted by molar-refractivity contribution is 0.579. The Morgan fingerprint density at radius 3 is 2.47 bits per heavy atom. The van der Waals surface area contributed by atoms with Gasteiger partial charge in [0.15, 0.2) is 9.84 Å². The highest BCUT2D eigenvalue weighted by atomic mass is 79.9. The summed E-state index contributed by atoms with van der Waals surface area (Å²) in [5.74, 6) is 0. The van der Waals surface area contributed by atoms with Crippen LogP contribution < -0.4 is 0 Å². The van der Waals surface area contributed by atoms with Gasteiger partial charge in [0, 0.05) is 4.47 Å². The second-order valence-corrected chi connectivity index (χ2v) is 7.05. The van der Waals surface area contributed by atoms with Crippen LogP contribution in [0.1, 0.15) is 25.7 Å². The molecule has 0 unspecified atom stereocenters. The van der Waals surface area contributed by atoms with Crippen molar-refractivity contribution in [1.82, 2.24) is 0 Å². The second-order valence-electron chi connectivity index (χ2n) is 3.91. The number of benzene rings is 1. The molecule has 2 nitrogen and oxygen atoms in total. The van der Waals surface area contributed by atoms with Gasteiger partial charge < -0.3 is 0 Å². The molecular formula is C11H13BrO2S. The smallest absolute Gasteiger partial charge is 0.181 e. The van der Waals surface area contributed by atoms with Crippen molar-refractivity contribution >= 4 is 25.8 Å². The van der Waals surface area contributed by atoms with Gasteiger partial charge in [0.1, 0.15) is 0 Å². The van der Waals surface area contributed by atoms with E-state index in [1.54, 1.807) is 18.2 Å². The van der Waals surface area contributed by atoms with Crippen LogP contribution in [0, 0.1) is 0 Å². The summed E-state index contributed by atoms with van der Waals surface area (Å²) < 4.78 is 25.2. The minimum absolute atomic E-state index is 0.160. The maximum Gasteiger partial charge on any atom is 0.181 e. The molecule has 1 saturated carbocycles. The van der Waals surface area contributed by atoms with Gasteiger partial charge >= 0.3 is 0 Å². The zero-order valence-electron chi connectivity index (χ0n) is 8.32. The van der Waals surface area contributed by atoms with Crippen molar-refractivity contribution < 1.29 is 8.42 Å². The van der Waals surface area contributed by atoms with E-state index in [9.17, 15) is 8.42 Å². The van der Waals surface area contributed by atoms with E-state index in [0.717, 1.165) is 30.2 Å². The van der Waals surface area contributed by atoms with Crippen molar-refractivity contribution in [1.29, 1.82) is 0 Å². The maximum atomic E-state index is 12.2. The van der Waals surface area contributed by atoms with Crippen LogP contribution in [0.2, 0.25) is 0 Å². The first-order valence-electron chi connectivity index (χ1n) is 5.10. The van der Waals surface area contributed by atoms with Gasteiger partial charge in [0.25, 0.3) is 0 Å². The molecule has 0 spiro atoms. The summed E-state index contributed by atoms with van der Waals surface area (Å²) in [6, 6.07) is 6.98. The molecule has 0 heterocycles. The molecule has 0 aromatic heterocycles. The van der Waals surface area contributed by atoms with Crippen LogP contribution in [0.3, 0.4) is 0 Å². The lowest BCUT2D eigenvalue weighted by Crippen LogP contribution is -2.17. The Kier molecular flexibility index (Phi) is 3.16. The van der Waals surface area contributed by atoms with Gasteiger partial charge in [-0.1, -0.05) is 34.8 Å². The Hall–Kier alpha value is -0.350. The van der Waals surface area contributed by atoms with E-state index < -0.39 is 9.84 Å². The van der Waals surface area contributed by atoms with Crippen molar-refractivity contribution in [2.24, 2.45) is 0 Å². The van der Waals surface area contributed by atoms with Gasteiger partial charge in [0.05, 0.1) is 10.1 Å². The molecule has 0 amide bonds. The first-order chi connectivity index (χ1) is 7.10. The molecular weight excluding hydrogens is 276 g/mol. The predicted molar refractivity (Wildman–Crippen MR) is 63.6 cm³/mol. The van der Waals surface area contributed by atoms with Crippen LogP contribution in [-0.2, 0) is 9.84 Å². The summed E-state index contributed by atoms with van der Waals surface area (Å²) in [6.07, 6.45) is 3.71. The zero-order valence-corrected chi connectivity index (χ0v) is 10.7. The van der Waals surface area contributed by atoms with Crippen molar-refractivity contribution in [2.45, 2.75) is 35.8 Å². The summed E-state index contributed by atoms with van der Waals surface area (Å²) in [4.78, 5) is 0.448. The number of hydrogen-bond acceptors (Lipinski definition) is 2. The molecule has 0 aliphatic heterocycles. The van der Waals surface area contributed by atoms with E-state index in [1.807, 2.05) is 6.07 Å². The monoisotopic (exact) mass is 288 g/mol. The fourth-order valence-corrected chi connectivity index (χ4v) is 4.48. The van der Waals surface area contributed by atoms with Gasteiger partial charge in [-0.05, 0) is 31.0 Å². The summed E-state index contributed by atoms with van der Waals surface area (Å²) in [5.41, 5.74) is 0. The van der Waals surface area contributed by atoms with E-state index >= 15 is 0 Å². The number of sulfone groups is 1. The molecule has 82 valence electrons. The Balaban J connectivity index is 2.36.